The molecule has 9 heteroatoms. The van der Waals surface area contributed by atoms with Crippen molar-refractivity contribution in [2.75, 3.05) is 12.8 Å². The number of carbonyl (C=O) groups is 1. The lowest BCUT2D eigenvalue weighted by Gasteiger charge is -2.36. The fraction of sp³-hybridized carbons (Fsp3) is 0.435. The van der Waals surface area contributed by atoms with Crippen molar-refractivity contribution < 1.29 is 26.7 Å². The number of hydrogen-bond donors (Lipinski definition) is 1. The van der Waals surface area contributed by atoms with E-state index < -0.39 is 53.1 Å². The molecule has 0 radical (unpaired) electrons. The van der Waals surface area contributed by atoms with Crippen molar-refractivity contribution >= 4 is 16.1 Å². The molecule has 1 saturated heterocycles. The first kappa shape index (κ1) is 22.7. The lowest BCUT2D eigenvalue weighted by atomic mass is 9.91. The standard InChI is InChI=1S/C23H26F2N2O4S/c1-32(29,30)26-20-10-11-27(22(28)31-19-14-23(24,25)15-19)21(20)13-16-6-5-9-18(12-16)17-7-3-2-4-8-17/h2-9,12,19-21,26H,10-11,13-15H2,1H3. The summed E-state index contributed by atoms with van der Waals surface area (Å²) < 4.78 is 57.9. The molecule has 0 bridgehead atoms. The first-order chi connectivity index (χ1) is 15.1. The summed E-state index contributed by atoms with van der Waals surface area (Å²) in [5.74, 6) is -2.78. The van der Waals surface area contributed by atoms with Crippen LogP contribution in [0.2, 0.25) is 0 Å². The quantitative estimate of drug-likeness (QED) is 0.705. The van der Waals surface area contributed by atoms with Gasteiger partial charge in [-0.15, -0.1) is 0 Å². The summed E-state index contributed by atoms with van der Waals surface area (Å²) in [7, 11) is -3.49. The molecule has 1 amide bonds. The number of benzene rings is 2. The summed E-state index contributed by atoms with van der Waals surface area (Å²) in [6, 6.07) is 16.7. The molecule has 1 saturated carbocycles. The maximum absolute atomic E-state index is 13.1. The molecule has 0 aromatic heterocycles. The van der Waals surface area contributed by atoms with Crippen molar-refractivity contribution in [2.24, 2.45) is 0 Å². The van der Waals surface area contributed by atoms with E-state index in [0.717, 1.165) is 22.9 Å². The molecule has 0 spiro atoms. The number of sulfonamides is 1. The second-order valence-electron chi connectivity index (χ2n) is 8.59. The maximum Gasteiger partial charge on any atom is 0.410 e. The Balaban J connectivity index is 1.53. The highest BCUT2D eigenvalue weighted by Crippen LogP contribution is 2.40. The lowest BCUT2D eigenvalue weighted by molar-refractivity contribution is -0.148. The third-order valence-electron chi connectivity index (χ3n) is 5.94. The van der Waals surface area contributed by atoms with Crippen LogP contribution in [0.5, 0.6) is 0 Å². The monoisotopic (exact) mass is 464 g/mol. The van der Waals surface area contributed by atoms with Crippen molar-refractivity contribution in [3.8, 4) is 11.1 Å². The van der Waals surface area contributed by atoms with Crippen LogP contribution in [0.1, 0.15) is 24.8 Å². The van der Waals surface area contributed by atoms with Crippen LogP contribution in [0, 0.1) is 0 Å². The largest absolute Gasteiger partial charge is 0.446 e. The number of likely N-dealkylation sites (tertiary alicyclic amines) is 1. The van der Waals surface area contributed by atoms with Gasteiger partial charge in [0.25, 0.3) is 5.92 Å². The van der Waals surface area contributed by atoms with E-state index in [1.807, 2.05) is 54.6 Å². The van der Waals surface area contributed by atoms with Gasteiger partial charge in [-0.3, -0.25) is 0 Å². The molecule has 2 unspecified atom stereocenters. The summed E-state index contributed by atoms with van der Waals surface area (Å²) in [6.45, 7) is 0.290. The summed E-state index contributed by atoms with van der Waals surface area (Å²) >= 11 is 0. The molecule has 1 aliphatic heterocycles. The first-order valence-electron chi connectivity index (χ1n) is 10.6. The summed E-state index contributed by atoms with van der Waals surface area (Å²) in [5.41, 5.74) is 3.00. The fourth-order valence-electron chi connectivity index (χ4n) is 4.40. The number of hydrogen-bond acceptors (Lipinski definition) is 4. The number of halogens is 2. The van der Waals surface area contributed by atoms with Crippen LogP contribution >= 0.6 is 0 Å². The minimum atomic E-state index is -3.49. The minimum Gasteiger partial charge on any atom is -0.446 e. The third kappa shape index (κ3) is 5.45. The van der Waals surface area contributed by atoms with Gasteiger partial charge in [-0.1, -0.05) is 54.6 Å². The maximum atomic E-state index is 13.1. The Kier molecular flexibility index (Phi) is 6.22. The zero-order valence-electron chi connectivity index (χ0n) is 17.7. The van der Waals surface area contributed by atoms with Crippen molar-refractivity contribution in [3.63, 3.8) is 0 Å². The second-order valence-corrected chi connectivity index (χ2v) is 10.4. The van der Waals surface area contributed by atoms with Gasteiger partial charge in [0.05, 0.1) is 12.3 Å². The number of nitrogens with zero attached hydrogens (tertiary/aromatic N) is 1. The predicted molar refractivity (Wildman–Crippen MR) is 117 cm³/mol. The Morgan fingerprint density at radius 1 is 1.12 bits per heavy atom. The number of carbonyl (C=O) groups excluding carboxylic acids is 1. The SMILES string of the molecule is CS(=O)(=O)NC1CCN(C(=O)OC2CC(F)(F)C2)C1Cc1cccc(-c2ccccc2)c1. The van der Waals surface area contributed by atoms with E-state index in [9.17, 15) is 22.0 Å². The molecule has 2 atom stereocenters. The van der Waals surface area contributed by atoms with Gasteiger partial charge >= 0.3 is 6.09 Å². The van der Waals surface area contributed by atoms with E-state index in [0.29, 0.717) is 12.8 Å². The van der Waals surface area contributed by atoms with Gasteiger partial charge < -0.3 is 9.64 Å². The highest BCUT2D eigenvalue weighted by atomic mass is 32.2. The van der Waals surface area contributed by atoms with Crippen LogP contribution in [0.4, 0.5) is 13.6 Å². The molecule has 1 aliphatic carbocycles. The topological polar surface area (TPSA) is 75.7 Å². The molecule has 4 rings (SSSR count). The zero-order valence-corrected chi connectivity index (χ0v) is 18.5. The van der Waals surface area contributed by atoms with E-state index >= 15 is 0 Å². The Morgan fingerprint density at radius 2 is 1.81 bits per heavy atom. The van der Waals surface area contributed by atoms with Crippen molar-refractivity contribution in [1.29, 1.82) is 0 Å². The predicted octanol–water partition coefficient (Wildman–Crippen LogP) is 3.82. The van der Waals surface area contributed by atoms with Gasteiger partial charge in [0, 0.05) is 25.4 Å². The Morgan fingerprint density at radius 3 is 2.47 bits per heavy atom. The second kappa shape index (κ2) is 8.78. The molecule has 2 fully saturated rings. The van der Waals surface area contributed by atoms with Crippen LogP contribution in [0.15, 0.2) is 54.6 Å². The fourth-order valence-corrected chi connectivity index (χ4v) is 5.22. The molecular formula is C23H26F2N2O4S. The summed E-state index contributed by atoms with van der Waals surface area (Å²) in [5, 5.41) is 0. The summed E-state index contributed by atoms with van der Waals surface area (Å²) in [6.07, 6.45) is -0.509. The smallest absolute Gasteiger partial charge is 0.410 e. The molecular weight excluding hydrogens is 438 g/mol. The van der Waals surface area contributed by atoms with Crippen molar-refractivity contribution in [3.05, 3.63) is 60.2 Å². The molecule has 2 aliphatic rings. The van der Waals surface area contributed by atoms with E-state index in [1.165, 1.54) is 4.90 Å². The van der Waals surface area contributed by atoms with Gasteiger partial charge in [0.1, 0.15) is 6.10 Å². The van der Waals surface area contributed by atoms with Gasteiger partial charge in [0.15, 0.2) is 0 Å². The number of rotatable bonds is 6. The third-order valence-corrected chi connectivity index (χ3v) is 6.68. The number of nitrogens with one attached hydrogen (secondary N) is 1. The highest BCUT2D eigenvalue weighted by Gasteiger charge is 2.49. The number of ether oxygens (including phenoxy) is 1. The van der Waals surface area contributed by atoms with Gasteiger partial charge in [-0.05, 0) is 29.5 Å². The Bertz CT molecular complexity index is 1070. The lowest BCUT2D eigenvalue weighted by Crippen LogP contribution is -2.50. The Labute approximate surface area is 186 Å². The van der Waals surface area contributed by atoms with Crippen LogP contribution in [-0.2, 0) is 21.2 Å². The minimum absolute atomic E-state index is 0.290. The first-order valence-corrected chi connectivity index (χ1v) is 12.5. The van der Waals surface area contributed by atoms with E-state index in [4.69, 9.17) is 4.74 Å². The van der Waals surface area contributed by atoms with Gasteiger partial charge in [-0.25, -0.2) is 26.7 Å². The van der Waals surface area contributed by atoms with Crippen LogP contribution in [0.25, 0.3) is 11.1 Å². The normalized spacial score (nSPS) is 23.0. The molecule has 2 aromatic carbocycles. The zero-order chi connectivity index (χ0) is 22.9. The Hall–Kier alpha value is -2.52. The molecule has 1 heterocycles. The molecule has 1 N–H and O–H groups in total. The van der Waals surface area contributed by atoms with Gasteiger partial charge in [0.2, 0.25) is 10.0 Å². The van der Waals surface area contributed by atoms with Crippen molar-refractivity contribution in [1.82, 2.24) is 9.62 Å². The molecule has 2 aromatic rings. The van der Waals surface area contributed by atoms with Crippen LogP contribution < -0.4 is 4.72 Å². The van der Waals surface area contributed by atoms with Crippen LogP contribution in [-0.4, -0.2) is 56.3 Å². The van der Waals surface area contributed by atoms with E-state index in [1.54, 1.807) is 0 Å². The number of alkyl halides is 2. The van der Waals surface area contributed by atoms with Crippen molar-refractivity contribution in [2.45, 2.75) is 49.8 Å². The summed E-state index contributed by atoms with van der Waals surface area (Å²) in [4.78, 5) is 14.2. The average molecular weight is 465 g/mol. The number of amides is 1. The van der Waals surface area contributed by atoms with E-state index in [2.05, 4.69) is 4.72 Å². The molecule has 172 valence electrons. The van der Waals surface area contributed by atoms with E-state index in [-0.39, 0.29) is 6.54 Å². The van der Waals surface area contributed by atoms with Crippen LogP contribution in [0.3, 0.4) is 0 Å². The van der Waals surface area contributed by atoms with Gasteiger partial charge in [-0.2, -0.15) is 0 Å². The average Bonchev–Trinajstić information content (AvgIpc) is 3.08. The molecule has 6 nitrogen and oxygen atoms in total. The molecule has 32 heavy (non-hydrogen) atoms. The highest BCUT2D eigenvalue weighted by molar-refractivity contribution is 7.88.